The van der Waals surface area contributed by atoms with E-state index in [0.717, 1.165) is 0 Å². The highest BCUT2D eigenvalue weighted by molar-refractivity contribution is 6.07. The van der Waals surface area contributed by atoms with Crippen LogP contribution in [0.2, 0.25) is 0 Å². The summed E-state index contributed by atoms with van der Waals surface area (Å²) < 4.78 is 11.8. The molecule has 0 unspecified atom stereocenters. The first-order chi connectivity index (χ1) is 9.56. The van der Waals surface area contributed by atoms with Crippen molar-refractivity contribution in [3.8, 4) is 11.5 Å². The molecule has 0 aliphatic rings. The van der Waals surface area contributed by atoms with Crippen LogP contribution in [-0.4, -0.2) is 29.9 Å². The van der Waals surface area contributed by atoms with E-state index in [-0.39, 0.29) is 5.91 Å². The number of benzene rings is 1. The molecule has 0 saturated heterocycles. The van der Waals surface area contributed by atoms with Gasteiger partial charge in [-0.25, -0.2) is 0 Å². The van der Waals surface area contributed by atoms with Gasteiger partial charge in [-0.05, 0) is 12.1 Å². The Labute approximate surface area is 116 Å². The third-order valence-electron chi connectivity index (χ3n) is 2.85. The zero-order chi connectivity index (χ0) is 14.7. The lowest BCUT2D eigenvalue weighted by Crippen LogP contribution is -2.16. The van der Waals surface area contributed by atoms with Crippen LogP contribution < -0.4 is 20.5 Å². The second-order valence-corrected chi connectivity index (χ2v) is 4.09. The molecule has 3 N–H and O–H groups in total. The summed E-state index contributed by atoms with van der Waals surface area (Å²) in [4.78, 5) is 12.3. The molecular weight excluding hydrogens is 260 g/mol. The van der Waals surface area contributed by atoms with Crippen molar-refractivity contribution in [2.24, 2.45) is 7.05 Å². The number of ether oxygens (including phenoxy) is 2. The number of nitrogens with one attached hydrogen (secondary N) is 1. The highest BCUT2D eigenvalue weighted by atomic mass is 16.5. The summed E-state index contributed by atoms with van der Waals surface area (Å²) in [6.07, 6.45) is 1.47. The van der Waals surface area contributed by atoms with Crippen molar-refractivity contribution in [1.29, 1.82) is 0 Å². The van der Waals surface area contributed by atoms with Crippen molar-refractivity contribution in [3.05, 3.63) is 30.0 Å². The summed E-state index contributed by atoms with van der Waals surface area (Å²) in [7, 11) is 4.73. The van der Waals surface area contributed by atoms with Gasteiger partial charge in [-0.2, -0.15) is 5.10 Å². The van der Waals surface area contributed by atoms with Crippen LogP contribution in [0.25, 0.3) is 0 Å². The van der Waals surface area contributed by atoms with E-state index in [0.29, 0.717) is 28.6 Å². The molecule has 1 heterocycles. The number of rotatable bonds is 4. The monoisotopic (exact) mass is 276 g/mol. The standard InChI is InChI=1S/C13H16N4O3/c1-17-12(10(14)7-15-17)16-13(18)9-5-4-8(19-2)6-11(9)20-3/h4-7H,14H2,1-3H3,(H,16,18). The van der Waals surface area contributed by atoms with E-state index in [1.165, 1.54) is 18.0 Å². The highest BCUT2D eigenvalue weighted by Gasteiger charge is 2.16. The van der Waals surface area contributed by atoms with Crippen LogP contribution >= 0.6 is 0 Å². The summed E-state index contributed by atoms with van der Waals surface area (Å²) >= 11 is 0. The summed E-state index contributed by atoms with van der Waals surface area (Å²) in [5, 5.41) is 6.66. The minimum atomic E-state index is -0.334. The lowest BCUT2D eigenvalue weighted by atomic mass is 10.1. The molecule has 7 heteroatoms. The van der Waals surface area contributed by atoms with Crippen LogP contribution in [0.4, 0.5) is 11.5 Å². The van der Waals surface area contributed by atoms with Gasteiger partial charge < -0.3 is 20.5 Å². The Bertz CT molecular complexity index is 617. The zero-order valence-corrected chi connectivity index (χ0v) is 11.5. The van der Waals surface area contributed by atoms with Crippen LogP contribution in [0.3, 0.4) is 0 Å². The molecule has 1 amide bonds. The molecule has 0 bridgehead atoms. The first-order valence-corrected chi connectivity index (χ1v) is 5.87. The molecule has 0 radical (unpaired) electrons. The topological polar surface area (TPSA) is 91.4 Å². The second kappa shape index (κ2) is 5.52. The quantitative estimate of drug-likeness (QED) is 0.877. The maximum Gasteiger partial charge on any atom is 0.260 e. The number of hydrogen-bond acceptors (Lipinski definition) is 5. The number of methoxy groups -OCH3 is 2. The van der Waals surface area contributed by atoms with Crippen LogP contribution in [-0.2, 0) is 7.05 Å². The van der Waals surface area contributed by atoms with Crippen molar-refractivity contribution in [2.45, 2.75) is 0 Å². The van der Waals surface area contributed by atoms with Gasteiger partial charge in [0.15, 0.2) is 5.82 Å². The van der Waals surface area contributed by atoms with Gasteiger partial charge in [-0.1, -0.05) is 0 Å². The summed E-state index contributed by atoms with van der Waals surface area (Å²) in [6, 6.07) is 4.95. The number of hydrogen-bond donors (Lipinski definition) is 2. The number of aryl methyl sites for hydroxylation is 1. The molecule has 7 nitrogen and oxygen atoms in total. The lowest BCUT2D eigenvalue weighted by molar-refractivity contribution is 0.102. The van der Waals surface area contributed by atoms with Crippen LogP contribution in [0.15, 0.2) is 24.4 Å². The second-order valence-electron chi connectivity index (χ2n) is 4.09. The molecule has 2 rings (SSSR count). The average molecular weight is 276 g/mol. The number of nitrogens with two attached hydrogens (primary N) is 1. The predicted molar refractivity (Wildman–Crippen MR) is 75.1 cm³/mol. The maximum atomic E-state index is 12.3. The van der Waals surface area contributed by atoms with Gasteiger partial charge in [0.2, 0.25) is 0 Å². The summed E-state index contributed by atoms with van der Waals surface area (Å²) in [5.74, 6) is 1.13. The zero-order valence-electron chi connectivity index (χ0n) is 11.5. The Hall–Kier alpha value is -2.70. The Kier molecular flexibility index (Phi) is 3.79. The minimum Gasteiger partial charge on any atom is -0.497 e. The molecule has 2 aromatic rings. The molecule has 20 heavy (non-hydrogen) atoms. The number of carbonyl (C=O) groups is 1. The van der Waals surface area contributed by atoms with Crippen LogP contribution in [0, 0.1) is 0 Å². The smallest absolute Gasteiger partial charge is 0.260 e. The molecule has 0 aliphatic carbocycles. The van der Waals surface area contributed by atoms with Crippen molar-refractivity contribution in [3.63, 3.8) is 0 Å². The Morgan fingerprint density at radius 1 is 1.35 bits per heavy atom. The molecule has 0 spiro atoms. The molecular formula is C13H16N4O3. The Morgan fingerprint density at radius 2 is 2.10 bits per heavy atom. The average Bonchev–Trinajstić information content (AvgIpc) is 2.78. The minimum absolute atomic E-state index is 0.334. The lowest BCUT2D eigenvalue weighted by Gasteiger charge is -2.11. The fourth-order valence-corrected chi connectivity index (χ4v) is 1.77. The third kappa shape index (κ3) is 2.51. The summed E-state index contributed by atoms with van der Waals surface area (Å²) in [5.41, 5.74) is 6.51. The van der Waals surface area contributed by atoms with Crippen molar-refractivity contribution in [2.75, 3.05) is 25.3 Å². The number of carbonyl (C=O) groups excluding carboxylic acids is 1. The van der Waals surface area contributed by atoms with E-state index in [2.05, 4.69) is 10.4 Å². The summed E-state index contributed by atoms with van der Waals surface area (Å²) in [6.45, 7) is 0. The number of anilines is 2. The molecule has 0 fully saturated rings. The first kappa shape index (κ1) is 13.7. The largest absolute Gasteiger partial charge is 0.497 e. The number of amides is 1. The fourth-order valence-electron chi connectivity index (χ4n) is 1.77. The van der Waals surface area contributed by atoms with Gasteiger partial charge in [0, 0.05) is 13.1 Å². The van der Waals surface area contributed by atoms with E-state index in [1.807, 2.05) is 0 Å². The van der Waals surface area contributed by atoms with Crippen molar-refractivity contribution in [1.82, 2.24) is 9.78 Å². The fraction of sp³-hybridized carbons (Fsp3) is 0.231. The Balaban J connectivity index is 2.30. The molecule has 106 valence electrons. The van der Waals surface area contributed by atoms with E-state index >= 15 is 0 Å². The Morgan fingerprint density at radius 3 is 2.65 bits per heavy atom. The van der Waals surface area contributed by atoms with Gasteiger partial charge >= 0.3 is 0 Å². The normalized spacial score (nSPS) is 10.2. The molecule has 1 aromatic heterocycles. The number of nitrogen functional groups attached to an aromatic ring is 1. The van der Waals surface area contributed by atoms with E-state index in [1.54, 1.807) is 32.4 Å². The SMILES string of the molecule is COc1ccc(C(=O)Nc2c(N)cnn2C)c(OC)c1. The van der Waals surface area contributed by atoms with E-state index in [9.17, 15) is 4.79 Å². The van der Waals surface area contributed by atoms with E-state index < -0.39 is 0 Å². The molecule has 1 aromatic carbocycles. The van der Waals surface area contributed by atoms with Gasteiger partial charge in [0.1, 0.15) is 11.5 Å². The number of nitrogens with zero attached hydrogens (tertiary/aromatic N) is 2. The highest BCUT2D eigenvalue weighted by Crippen LogP contribution is 2.26. The maximum absolute atomic E-state index is 12.3. The van der Waals surface area contributed by atoms with Crippen molar-refractivity contribution >= 4 is 17.4 Å². The number of aromatic nitrogens is 2. The van der Waals surface area contributed by atoms with Gasteiger partial charge in [-0.15, -0.1) is 0 Å². The van der Waals surface area contributed by atoms with Gasteiger partial charge in [0.05, 0.1) is 31.7 Å². The van der Waals surface area contributed by atoms with Crippen LogP contribution in [0.1, 0.15) is 10.4 Å². The van der Waals surface area contributed by atoms with E-state index in [4.69, 9.17) is 15.2 Å². The molecule has 0 saturated carbocycles. The predicted octanol–water partition coefficient (Wildman–Crippen LogP) is 1.27. The van der Waals surface area contributed by atoms with Crippen molar-refractivity contribution < 1.29 is 14.3 Å². The van der Waals surface area contributed by atoms with Crippen LogP contribution in [0.5, 0.6) is 11.5 Å². The first-order valence-electron chi connectivity index (χ1n) is 5.87. The van der Waals surface area contributed by atoms with Gasteiger partial charge in [0.25, 0.3) is 5.91 Å². The molecule has 0 atom stereocenters. The van der Waals surface area contributed by atoms with Gasteiger partial charge in [-0.3, -0.25) is 9.48 Å². The third-order valence-corrected chi connectivity index (χ3v) is 2.85. The molecule has 0 aliphatic heterocycles.